The number of carbonyl (C=O) groups is 2. The minimum Gasteiger partial charge on any atom is -0.466 e. The zero-order valence-corrected chi connectivity index (χ0v) is 21.2. The number of hydrogen-bond acceptors (Lipinski definition) is 4. The van der Waals surface area contributed by atoms with Gasteiger partial charge in [-0.05, 0) is 38.5 Å². The first kappa shape index (κ1) is 29.9. The molecule has 0 aromatic rings. The van der Waals surface area contributed by atoms with Crippen LogP contribution in [0.5, 0.6) is 0 Å². The van der Waals surface area contributed by atoms with Crippen molar-refractivity contribution in [3.63, 3.8) is 0 Å². The maximum absolute atomic E-state index is 11.8. The van der Waals surface area contributed by atoms with Crippen molar-refractivity contribution in [1.29, 1.82) is 0 Å². The molecule has 0 fully saturated rings. The lowest BCUT2D eigenvalue weighted by Gasteiger charge is -2.15. The molecular formula is C27H52O4. The van der Waals surface area contributed by atoms with Crippen molar-refractivity contribution in [3.05, 3.63) is 0 Å². The molecule has 0 saturated heterocycles. The van der Waals surface area contributed by atoms with Crippen molar-refractivity contribution in [1.82, 2.24) is 0 Å². The summed E-state index contributed by atoms with van der Waals surface area (Å²) in [6, 6.07) is 0. The lowest BCUT2D eigenvalue weighted by Crippen LogP contribution is -2.16. The molecule has 0 aliphatic heterocycles. The Bertz CT molecular complexity index is 419. The highest BCUT2D eigenvalue weighted by atomic mass is 16.5. The Morgan fingerprint density at radius 2 is 1.06 bits per heavy atom. The number of esters is 2. The molecule has 0 bridgehead atoms. The zero-order chi connectivity index (χ0) is 23.2. The van der Waals surface area contributed by atoms with Gasteiger partial charge in [0.1, 0.15) is 0 Å². The highest BCUT2D eigenvalue weighted by Gasteiger charge is 2.11. The summed E-state index contributed by atoms with van der Waals surface area (Å²) in [6.45, 7) is 9.02. The summed E-state index contributed by atoms with van der Waals surface area (Å²) in [5.74, 6) is 0.308. The Hall–Kier alpha value is -1.06. The summed E-state index contributed by atoms with van der Waals surface area (Å²) in [5.41, 5.74) is 0. The summed E-state index contributed by atoms with van der Waals surface area (Å²) in [6.07, 6.45) is 19.9. The highest BCUT2D eigenvalue weighted by molar-refractivity contribution is 5.70. The number of rotatable bonds is 22. The van der Waals surface area contributed by atoms with Crippen LogP contribution in [-0.4, -0.2) is 24.6 Å². The first-order chi connectivity index (χ1) is 15.0. The fourth-order valence-electron chi connectivity index (χ4n) is 3.91. The molecule has 4 nitrogen and oxygen atoms in total. The minimum atomic E-state index is -0.122. The molecule has 184 valence electrons. The number of carbonyl (C=O) groups excluding carboxylic acids is 2. The topological polar surface area (TPSA) is 52.6 Å². The van der Waals surface area contributed by atoms with E-state index in [0.717, 1.165) is 38.5 Å². The van der Waals surface area contributed by atoms with Gasteiger partial charge in [-0.1, -0.05) is 97.8 Å². The third kappa shape index (κ3) is 23.4. The Morgan fingerprint density at radius 1 is 0.613 bits per heavy atom. The molecule has 0 aromatic carbocycles. The SMILES string of the molecule is CCCCCCCCCCCCCCOC(=O)CCCCCC(=O)OC(C)CC(C)C. The van der Waals surface area contributed by atoms with E-state index in [1.165, 1.54) is 64.2 Å². The van der Waals surface area contributed by atoms with E-state index in [0.29, 0.717) is 25.4 Å². The third-order valence-electron chi connectivity index (χ3n) is 5.66. The third-order valence-corrected chi connectivity index (χ3v) is 5.66. The van der Waals surface area contributed by atoms with E-state index in [1.807, 2.05) is 6.92 Å². The van der Waals surface area contributed by atoms with E-state index < -0.39 is 0 Å². The molecule has 31 heavy (non-hydrogen) atoms. The zero-order valence-electron chi connectivity index (χ0n) is 21.2. The maximum atomic E-state index is 11.8. The van der Waals surface area contributed by atoms with Crippen molar-refractivity contribution in [2.75, 3.05) is 6.61 Å². The second-order valence-corrected chi connectivity index (χ2v) is 9.60. The van der Waals surface area contributed by atoms with Crippen LogP contribution in [0.25, 0.3) is 0 Å². The monoisotopic (exact) mass is 440 g/mol. The van der Waals surface area contributed by atoms with E-state index in [2.05, 4.69) is 20.8 Å². The molecule has 0 aliphatic carbocycles. The number of unbranched alkanes of at least 4 members (excludes halogenated alkanes) is 13. The quantitative estimate of drug-likeness (QED) is 0.126. The molecule has 1 atom stereocenters. The summed E-state index contributed by atoms with van der Waals surface area (Å²) in [4.78, 5) is 23.5. The maximum Gasteiger partial charge on any atom is 0.306 e. The average molecular weight is 441 g/mol. The van der Waals surface area contributed by atoms with Crippen LogP contribution < -0.4 is 0 Å². The molecule has 0 saturated carbocycles. The lowest BCUT2D eigenvalue weighted by atomic mass is 10.1. The fourth-order valence-corrected chi connectivity index (χ4v) is 3.91. The molecule has 0 heterocycles. The molecule has 4 heteroatoms. The summed E-state index contributed by atoms with van der Waals surface area (Å²) in [5, 5.41) is 0. The van der Waals surface area contributed by atoms with Gasteiger partial charge in [-0.2, -0.15) is 0 Å². The van der Waals surface area contributed by atoms with E-state index in [9.17, 15) is 9.59 Å². The summed E-state index contributed by atoms with van der Waals surface area (Å²) < 4.78 is 10.7. The predicted molar refractivity (Wildman–Crippen MR) is 130 cm³/mol. The second kappa shape index (κ2) is 22.1. The van der Waals surface area contributed by atoms with Crippen LogP contribution in [0.4, 0.5) is 0 Å². The van der Waals surface area contributed by atoms with Crippen molar-refractivity contribution < 1.29 is 19.1 Å². The van der Waals surface area contributed by atoms with E-state index in [1.54, 1.807) is 0 Å². The van der Waals surface area contributed by atoms with Crippen LogP contribution in [-0.2, 0) is 19.1 Å². The van der Waals surface area contributed by atoms with Crippen LogP contribution in [0.1, 0.15) is 143 Å². The molecule has 0 aromatic heterocycles. The van der Waals surface area contributed by atoms with Gasteiger partial charge in [-0.25, -0.2) is 0 Å². The van der Waals surface area contributed by atoms with Crippen LogP contribution in [0.15, 0.2) is 0 Å². The smallest absolute Gasteiger partial charge is 0.306 e. The first-order valence-electron chi connectivity index (χ1n) is 13.3. The van der Waals surface area contributed by atoms with Crippen LogP contribution in [0.2, 0.25) is 0 Å². The fraction of sp³-hybridized carbons (Fsp3) is 0.926. The molecular weight excluding hydrogens is 388 g/mol. The molecule has 0 aliphatic rings. The van der Waals surface area contributed by atoms with Gasteiger partial charge in [-0.15, -0.1) is 0 Å². The Balaban J connectivity index is 3.34. The normalized spacial score (nSPS) is 12.2. The van der Waals surface area contributed by atoms with Gasteiger partial charge in [0.25, 0.3) is 0 Å². The van der Waals surface area contributed by atoms with Gasteiger partial charge in [0.15, 0.2) is 0 Å². The molecule has 0 radical (unpaired) electrons. The summed E-state index contributed by atoms with van der Waals surface area (Å²) in [7, 11) is 0. The Kier molecular flexibility index (Phi) is 21.4. The van der Waals surface area contributed by atoms with E-state index in [-0.39, 0.29) is 18.0 Å². The first-order valence-corrected chi connectivity index (χ1v) is 13.3. The molecule has 0 N–H and O–H groups in total. The van der Waals surface area contributed by atoms with Crippen molar-refractivity contribution in [2.45, 2.75) is 149 Å². The Labute approximate surface area is 193 Å². The van der Waals surface area contributed by atoms with E-state index >= 15 is 0 Å². The largest absolute Gasteiger partial charge is 0.466 e. The predicted octanol–water partition coefficient (Wildman–Crippen LogP) is 8.16. The molecule has 1 unspecified atom stereocenters. The van der Waals surface area contributed by atoms with Gasteiger partial charge < -0.3 is 9.47 Å². The van der Waals surface area contributed by atoms with Crippen LogP contribution in [0, 0.1) is 5.92 Å². The van der Waals surface area contributed by atoms with Crippen molar-refractivity contribution in [3.8, 4) is 0 Å². The van der Waals surface area contributed by atoms with Gasteiger partial charge in [0.2, 0.25) is 0 Å². The molecule has 0 amide bonds. The highest BCUT2D eigenvalue weighted by Crippen LogP contribution is 2.13. The molecule has 0 spiro atoms. The number of ether oxygens (including phenoxy) is 2. The number of hydrogen-bond donors (Lipinski definition) is 0. The standard InChI is InChI=1S/C27H52O4/c1-5-6-7-8-9-10-11-12-13-14-15-19-22-30-26(28)20-17-16-18-21-27(29)31-25(4)23-24(2)3/h24-25H,5-23H2,1-4H3. The van der Waals surface area contributed by atoms with Crippen molar-refractivity contribution >= 4 is 11.9 Å². The van der Waals surface area contributed by atoms with Gasteiger partial charge in [0.05, 0.1) is 12.7 Å². The van der Waals surface area contributed by atoms with Crippen molar-refractivity contribution in [2.24, 2.45) is 5.92 Å². The average Bonchev–Trinajstić information content (AvgIpc) is 2.70. The summed E-state index contributed by atoms with van der Waals surface area (Å²) >= 11 is 0. The Morgan fingerprint density at radius 3 is 1.58 bits per heavy atom. The van der Waals surface area contributed by atoms with Gasteiger partial charge >= 0.3 is 11.9 Å². The lowest BCUT2D eigenvalue weighted by molar-refractivity contribution is -0.149. The van der Waals surface area contributed by atoms with Gasteiger partial charge in [0, 0.05) is 12.8 Å². The van der Waals surface area contributed by atoms with Gasteiger partial charge in [-0.3, -0.25) is 9.59 Å². The van der Waals surface area contributed by atoms with E-state index in [4.69, 9.17) is 9.47 Å². The second-order valence-electron chi connectivity index (χ2n) is 9.60. The van der Waals surface area contributed by atoms with Crippen LogP contribution in [0.3, 0.4) is 0 Å². The molecule has 0 rings (SSSR count). The van der Waals surface area contributed by atoms with Crippen LogP contribution >= 0.6 is 0 Å². The minimum absolute atomic E-state index is 0.0113.